The van der Waals surface area contributed by atoms with Crippen LogP contribution in [-0.2, 0) is 0 Å². The van der Waals surface area contributed by atoms with Crippen LogP contribution in [0.3, 0.4) is 0 Å². The number of fused-ring (bicyclic) bond motifs is 1. The minimum Gasteiger partial charge on any atom is -0.462 e. The first-order valence-electron chi connectivity index (χ1n) is 4.00. The zero-order valence-electron chi connectivity index (χ0n) is 6.96. The lowest BCUT2D eigenvalue weighted by Gasteiger charge is -2.23. The Labute approximate surface area is 85.0 Å². The fraction of sp³-hybridized carbons (Fsp3) is 0.200. The summed E-state index contributed by atoms with van der Waals surface area (Å²) < 4.78 is 6.33. The van der Waals surface area contributed by atoms with Crippen molar-refractivity contribution in [2.75, 3.05) is 0 Å². The molecule has 1 N–H and O–H groups in total. The van der Waals surface area contributed by atoms with Crippen LogP contribution in [0.5, 0.6) is 5.75 Å². The van der Waals surface area contributed by atoms with E-state index in [1.807, 2.05) is 18.2 Å². The Bertz CT molecular complexity index is 360. The normalized spacial score (nSPS) is 20.8. The van der Waals surface area contributed by atoms with Crippen LogP contribution in [-0.4, -0.2) is 5.11 Å². The summed E-state index contributed by atoms with van der Waals surface area (Å²) in [6.07, 6.45) is -0.0163. The summed E-state index contributed by atoms with van der Waals surface area (Å²) in [4.78, 5) is 0. The number of aliphatic hydroxyl groups is 1. The van der Waals surface area contributed by atoms with Gasteiger partial charge in [-0.05, 0) is 18.2 Å². The Hall–Kier alpha value is -0.800. The van der Waals surface area contributed by atoms with E-state index >= 15 is 0 Å². The summed E-state index contributed by atoms with van der Waals surface area (Å²) in [5.74, 6) is 1.31. The largest absolute Gasteiger partial charge is 0.462 e. The lowest BCUT2D eigenvalue weighted by atomic mass is 10.0. The molecular weight excluding hydrogens is 232 g/mol. The molecule has 1 heterocycles. The fourth-order valence-electron chi connectivity index (χ4n) is 1.40. The van der Waals surface area contributed by atoms with E-state index in [9.17, 15) is 5.11 Å². The van der Waals surface area contributed by atoms with E-state index in [0.717, 1.165) is 10.0 Å². The summed E-state index contributed by atoms with van der Waals surface area (Å²) in [5, 5.41) is 9.69. The average Bonchev–Trinajstić information content (AvgIpc) is 2.06. The topological polar surface area (TPSA) is 29.5 Å². The Balaban J connectivity index is 2.49. The molecule has 2 rings (SSSR count). The van der Waals surface area contributed by atoms with E-state index in [-0.39, 0.29) is 0 Å². The lowest BCUT2D eigenvalue weighted by Crippen LogP contribution is -2.11. The van der Waals surface area contributed by atoms with E-state index < -0.39 is 6.10 Å². The molecule has 0 radical (unpaired) electrons. The number of halogens is 1. The minimum absolute atomic E-state index is 0.476. The van der Waals surface area contributed by atoms with Crippen LogP contribution in [0.15, 0.2) is 35.0 Å². The first kappa shape index (κ1) is 8.78. The van der Waals surface area contributed by atoms with Gasteiger partial charge in [-0.2, -0.15) is 0 Å². The van der Waals surface area contributed by atoms with Crippen LogP contribution in [0.4, 0.5) is 0 Å². The van der Waals surface area contributed by atoms with E-state index in [1.165, 1.54) is 0 Å². The zero-order valence-corrected chi connectivity index (χ0v) is 8.54. The summed E-state index contributed by atoms with van der Waals surface area (Å²) in [6, 6.07) is 5.57. The van der Waals surface area contributed by atoms with Gasteiger partial charge in [-0.1, -0.05) is 22.5 Å². The fourth-order valence-corrected chi connectivity index (χ4v) is 1.77. The molecule has 0 saturated heterocycles. The highest BCUT2D eigenvalue weighted by atomic mass is 79.9. The standard InChI is InChI=1S/C10H9BrO2/c1-6-4-9(12)8-5-7(11)2-3-10(8)13-6/h2-3,5,9,12H,1,4H2. The molecule has 0 spiro atoms. The highest BCUT2D eigenvalue weighted by Crippen LogP contribution is 2.37. The second-order valence-corrected chi connectivity index (χ2v) is 3.96. The second-order valence-electron chi connectivity index (χ2n) is 3.04. The minimum atomic E-state index is -0.492. The molecule has 3 heteroatoms. The number of aliphatic hydroxyl groups excluding tert-OH is 1. The van der Waals surface area contributed by atoms with Crippen LogP contribution in [0.25, 0.3) is 0 Å². The van der Waals surface area contributed by atoms with Gasteiger partial charge in [-0.3, -0.25) is 0 Å². The molecule has 1 aromatic carbocycles. The smallest absolute Gasteiger partial charge is 0.132 e. The van der Waals surface area contributed by atoms with Gasteiger partial charge in [0.25, 0.3) is 0 Å². The van der Waals surface area contributed by atoms with E-state index in [2.05, 4.69) is 22.5 Å². The van der Waals surface area contributed by atoms with Gasteiger partial charge in [0.05, 0.1) is 11.9 Å². The van der Waals surface area contributed by atoms with Crippen LogP contribution in [0, 0.1) is 0 Å². The molecule has 0 saturated carbocycles. The summed E-state index contributed by atoms with van der Waals surface area (Å²) in [5.41, 5.74) is 0.821. The van der Waals surface area contributed by atoms with Gasteiger partial charge in [0.2, 0.25) is 0 Å². The van der Waals surface area contributed by atoms with Gasteiger partial charge in [0.1, 0.15) is 5.75 Å². The van der Waals surface area contributed by atoms with Crippen molar-refractivity contribution in [3.8, 4) is 5.75 Å². The Kier molecular flexibility index (Phi) is 2.14. The molecule has 1 aromatic rings. The van der Waals surface area contributed by atoms with Crippen molar-refractivity contribution in [2.24, 2.45) is 0 Å². The number of rotatable bonds is 0. The van der Waals surface area contributed by atoms with Crippen LogP contribution >= 0.6 is 15.9 Å². The van der Waals surface area contributed by atoms with E-state index in [1.54, 1.807) is 0 Å². The van der Waals surface area contributed by atoms with Crippen molar-refractivity contribution in [1.82, 2.24) is 0 Å². The number of benzene rings is 1. The van der Waals surface area contributed by atoms with Crippen LogP contribution in [0.1, 0.15) is 18.1 Å². The van der Waals surface area contributed by atoms with Gasteiger partial charge in [0.15, 0.2) is 0 Å². The predicted octanol–water partition coefficient (Wildman–Crippen LogP) is 2.78. The summed E-state index contributed by atoms with van der Waals surface area (Å²) >= 11 is 3.34. The maximum absolute atomic E-state index is 9.69. The number of hydrogen-bond donors (Lipinski definition) is 1. The van der Waals surface area contributed by atoms with Gasteiger partial charge in [-0.15, -0.1) is 0 Å². The van der Waals surface area contributed by atoms with Crippen molar-refractivity contribution < 1.29 is 9.84 Å². The van der Waals surface area contributed by atoms with Crippen molar-refractivity contribution >= 4 is 15.9 Å². The summed E-state index contributed by atoms with van der Waals surface area (Å²) in [7, 11) is 0. The SMILES string of the molecule is C=C1CC(O)c2cc(Br)ccc2O1. The molecule has 13 heavy (non-hydrogen) atoms. The Morgan fingerprint density at radius 1 is 1.54 bits per heavy atom. The molecule has 1 aliphatic rings. The molecule has 0 fully saturated rings. The molecule has 0 aliphatic carbocycles. The van der Waals surface area contributed by atoms with E-state index in [4.69, 9.17) is 4.74 Å². The van der Waals surface area contributed by atoms with Gasteiger partial charge >= 0.3 is 0 Å². The molecular formula is C10H9BrO2. The van der Waals surface area contributed by atoms with Gasteiger partial charge < -0.3 is 9.84 Å². The molecule has 68 valence electrons. The first-order valence-corrected chi connectivity index (χ1v) is 4.79. The highest BCUT2D eigenvalue weighted by Gasteiger charge is 2.21. The highest BCUT2D eigenvalue weighted by molar-refractivity contribution is 9.10. The number of hydrogen-bond acceptors (Lipinski definition) is 2. The lowest BCUT2D eigenvalue weighted by molar-refractivity contribution is 0.144. The summed E-state index contributed by atoms with van der Waals surface area (Å²) in [6.45, 7) is 3.69. The molecule has 1 atom stereocenters. The molecule has 1 unspecified atom stereocenters. The molecule has 0 amide bonds. The zero-order chi connectivity index (χ0) is 9.42. The maximum atomic E-state index is 9.69. The predicted molar refractivity (Wildman–Crippen MR) is 53.5 cm³/mol. The van der Waals surface area contributed by atoms with Gasteiger partial charge in [-0.25, -0.2) is 0 Å². The third-order valence-corrected chi connectivity index (χ3v) is 2.50. The maximum Gasteiger partial charge on any atom is 0.132 e. The molecule has 2 nitrogen and oxygen atoms in total. The monoisotopic (exact) mass is 240 g/mol. The van der Waals surface area contributed by atoms with Crippen molar-refractivity contribution in [1.29, 1.82) is 0 Å². The Morgan fingerprint density at radius 3 is 3.08 bits per heavy atom. The Morgan fingerprint density at radius 2 is 2.31 bits per heavy atom. The van der Waals surface area contributed by atoms with Crippen LogP contribution in [0.2, 0.25) is 0 Å². The second kappa shape index (κ2) is 3.16. The van der Waals surface area contributed by atoms with Gasteiger partial charge in [0, 0.05) is 16.5 Å². The first-order chi connectivity index (χ1) is 6.16. The number of ether oxygens (including phenoxy) is 1. The average molecular weight is 241 g/mol. The van der Waals surface area contributed by atoms with E-state index in [0.29, 0.717) is 17.9 Å². The molecule has 0 bridgehead atoms. The quantitative estimate of drug-likeness (QED) is 0.756. The van der Waals surface area contributed by atoms with Crippen molar-refractivity contribution in [3.05, 3.63) is 40.6 Å². The van der Waals surface area contributed by atoms with Crippen molar-refractivity contribution in [2.45, 2.75) is 12.5 Å². The molecule has 0 aromatic heterocycles. The van der Waals surface area contributed by atoms with Crippen molar-refractivity contribution in [3.63, 3.8) is 0 Å². The molecule has 1 aliphatic heterocycles. The van der Waals surface area contributed by atoms with Crippen LogP contribution < -0.4 is 4.74 Å². The third-order valence-electron chi connectivity index (χ3n) is 2.01. The third kappa shape index (κ3) is 1.62.